The molecule has 1 heterocycles. The second kappa shape index (κ2) is 5.49. The van der Waals surface area contributed by atoms with Gasteiger partial charge in [0.2, 0.25) is 5.91 Å². The highest BCUT2D eigenvalue weighted by molar-refractivity contribution is 5.93. The highest BCUT2D eigenvalue weighted by Crippen LogP contribution is 2.31. The maximum atomic E-state index is 12.4. The van der Waals surface area contributed by atoms with Crippen molar-refractivity contribution in [1.82, 2.24) is 9.55 Å². The van der Waals surface area contributed by atoms with Crippen LogP contribution >= 0.6 is 0 Å². The third-order valence-corrected chi connectivity index (χ3v) is 3.32. The van der Waals surface area contributed by atoms with Gasteiger partial charge in [0.15, 0.2) is 0 Å². The molecule has 0 spiro atoms. The molecule has 0 radical (unpaired) electrons. The zero-order chi connectivity index (χ0) is 14.8. The number of likely N-dealkylation sites (N-methyl/N-ethyl adjacent to an activating group) is 1. The Hall–Kier alpha value is -2.10. The molecule has 0 bridgehead atoms. The number of carbonyl (C=O) groups excluding carboxylic acids is 1. The van der Waals surface area contributed by atoms with Crippen molar-refractivity contribution in [2.45, 2.75) is 32.7 Å². The zero-order valence-corrected chi connectivity index (χ0v) is 12.5. The van der Waals surface area contributed by atoms with Crippen LogP contribution < -0.4 is 4.90 Å². The van der Waals surface area contributed by atoms with E-state index in [1.807, 2.05) is 25.2 Å². The normalized spacial score (nSPS) is 11.4. The van der Waals surface area contributed by atoms with Gasteiger partial charge >= 0.3 is 0 Å². The second-order valence-corrected chi connectivity index (χ2v) is 5.95. The lowest BCUT2D eigenvalue weighted by Crippen LogP contribution is -2.31. The van der Waals surface area contributed by atoms with Crippen LogP contribution in [0.4, 0.5) is 5.69 Å². The molecule has 4 nitrogen and oxygen atoms in total. The number of imidazole rings is 1. The number of amides is 1. The van der Waals surface area contributed by atoms with Crippen molar-refractivity contribution < 1.29 is 4.79 Å². The van der Waals surface area contributed by atoms with Crippen molar-refractivity contribution in [2.24, 2.45) is 0 Å². The predicted molar refractivity (Wildman–Crippen MR) is 80.8 cm³/mol. The van der Waals surface area contributed by atoms with E-state index < -0.39 is 0 Å². The number of benzene rings is 1. The molecule has 0 atom stereocenters. The molecule has 0 aliphatic rings. The van der Waals surface area contributed by atoms with Gasteiger partial charge in [0.1, 0.15) is 6.54 Å². The third-order valence-electron chi connectivity index (χ3n) is 3.32. The number of para-hydroxylation sites is 1. The van der Waals surface area contributed by atoms with Crippen molar-refractivity contribution in [3.8, 4) is 0 Å². The molecule has 0 aliphatic carbocycles. The Morgan fingerprint density at radius 2 is 2.00 bits per heavy atom. The Morgan fingerprint density at radius 3 is 2.60 bits per heavy atom. The van der Waals surface area contributed by atoms with Gasteiger partial charge in [0.05, 0.1) is 6.33 Å². The summed E-state index contributed by atoms with van der Waals surface area (Å²) in [4.78, 5) is 18.0. The lowest BCUT2D eigenvalue weighted by molar-refractivity contribution is -0.118. The average molecular weight is 271 g/mol. The Kier molecular flexibility index (Phi) is 3.93. The number of anilines is 1. The average Bonchev–Trinajstić information content (AvgIpc) is 2.89. The summed E-state index contributed by atoms with van der Waals surface area (Å²) in [6.07, 6.45) is 5.12. The van der Waals surface area contributed by atoms with E-state index in [9.17, 15) is 4.79 Å². The van der Waals surface area contributed by atoms with Crippen molar-refractivity contribution in [1.29, 1.82) is 0 Å². The summed E-state index contributed by atoms with van der Waals surface area (Å²) in [6.45, 7) is 6.76. The number of carbonyl (C=O) groups is 1. The molecule has 1 aromatic carbocycles. The monoisotopic (exact) mass is 271 g/mol. The quantitative estimate of drug-likeness (QED) is 0.861. The standard InChI is InChI=1S/C16H21N3O/c1-16(2,3)13-7-5-6-8-14(13)18(4)15(20)11-19-10-9-17-12-19/h5-10,12H,11H2,1-4H3. The van der Waals surface area contributed by atoms with Crippen molar-refractivity contribution in [3.05, 3.63) is 48.5 Å². The van der Waals surface area contributed by atoms with E-state index in [0.717, 1.165) is 5.69 Å². The summed E-state index contributed by atoms with van der Waals surface area (Å²) in [7, 11) is 1.82. The van der Waals surface area contributed by atoms with Crippen LogP contribution in [-0.2, 0) is 16.8 Å². The lowest BCUT2D eigenvalue weighted by Gasteiger charge is -2.27. The van der Waals surface area contributed by atoms with Gasteiger partial charge in [0.25, 0.3) is 0 Å². The summed E-state index contributed by atoms with van der Waals surface area (Å²) >= 11 is 0. The summed E-state index contributed by atoms with van der Waals surface area (Å²) in [5.74, 6) is 0.0414. The Bertz CT molecular complexity index is 582. The van der Waals surface area contributed by atoms with Crippen LogP contribution in [-0.4, -0.2) is 22.5 Å². The minimum absolute atomic E-state index is 0.000138. The molecule has 0 saturated carbocycles. The van der Waals surface area contributed by atoms with E-state index in [2.05, 4.69) is 31.8 Å². The molecule has 0 saturated heterocycles. The smallest absolute Gasteiger partial charge is 0.246 e. The van der Waals surface area contributed by atoms with Crippen LogP contribution in [0.3, 0.4) is 0 Å². The molecule has 1 aromatic heterocycles. The second-order valence-electron chi connectivity index (χ2n) is 5.95. The molecule has 20 heavy (non-hydrogen) atoms. The van der Waals surface area contributed by atoms with Crippen LogP contribution in [0.1, 0.15) is 26.3 Å². The van der Waals surface area contributed by atoms with Gasteiger partial charge < -0.3 is 9.47 Å². The van der Waals surface area contributed by atoms with E-state index in [4.69, 9.17) is 0 Å². The third kappa shape index (κ3) is 3.07. The number of rotatable bonds is 3. The number of hydrogen-bond acceptors (Lipinski definition) is 2. The van der Waals surface area contributed by atoms with Gasteiger partial charge in [-0.15, -0.1) is 0 Å². The fourth-order valence-corrected chi connectivity index (χ4v) is 2.18. The van der Waals surface area contributed by atoms with Gasteiger partial charge in [-0.05, 0) is 17.0 Å². The van der Waals surface area contributed by atoms with Crippen LogP contribution in [0.15, 0.2) is 43.0 Å². The molecule has 0 aliphatic heterocycles. The number of nitrogens with zero attached hydrogens (tertiary/aromatic N) is 3. The molecule has 0 fully saturated rings. The molecule has 0 unspecified atom stereocenters. The van der Waals surface area contributed by atoms with E-state index in [0.29, 0.717) is 6.54 Å². The predicted octanol–water partition coefficient (Wildman–Crippen LogP) is 2.84. The minimum atomic E-state index is 0.000138. The number of hydrogen-bond donors (Lipinski definition) is 0. The summed E-state index contributed by atoms with van der Waals surface area (Å²) < 4.78 is 1.78. The Balaban J connectivity index is 2.25. The molecule has 0 N–H and O–H groups in total. The van der Waals surface area contributed by atoms with Gasteiger partial charge in [-0.1, -0.05) is 39.0 Å². The van der Waals surface area contributed by atoms with Gasteiger partial charge in [-0.25, -0.2) is 4.98 Å². The summed E-state index contributed by atoms with van der Waals surface area (Å²) in [5, 5.41) is 0. The maximum Gasteiger partial charge on any atom is 0.246 e. The van der Waals surface area contributed by atoms with Crippen LogP contribution in [0, 0.1) is 0 Å². The molecular weight excluding hydrogens is 250 g/mol. The largest absolute Gasteiger partial charge is 0.328 e. The van der Waals surface area contributed by atoms with Crippen LogP contribution in [0.25, 0.3) is 0 Å². The first-order valence-corrected chi connectivity index (χ1v) is 6.71. The molecule has 4 heteroatoms. The van der Waals surface area contributed by atoms with Gasteiger partial charge in [-0.3, -0.25) is 4.79 Å². The Labute approximate surface area is 120 Å². The van der Waals surface area contributed by atoms with E-state index in [-0.39, 0.29) is 11.3 Å². The SMILES string of the molecule is CN(C(=O)Cn1ccnc1)c1ccccc1C(C)(C)C. The minimum Gasteiger partial charge on any atom is -0.328 e. The number of aromatic nitrogens is 2. The fourth-order valence-electron chi connectivity index (χ4n) is 2.18. The molecular formula is C16H21N3O. The van der Waals surface area contributed by atoms with E-state index in [1.165, 1.54) is 5.56 Å². The van der Waals surface area contributed by atoms with Gasteiger partial charge in [0, 0.05) is 25.1 Å². The summed E-state index contributed by atoms with van der Waals surface area (Å²) in [6, 6.07) is 8.05. The van der Waals surface area contributed by atoms with E-state index in [1.54, 1.807) is 28.2 Å². The zero-order valence-electron chi connectivity index (χ0n) is 12.5. The van der Waals surface area contributed by atoms with Gasteiger partial charge in [-0.2, -0.15) is 0 Å². The van der Waals surface area contributed by atoms with Crippen LogP contribution in [0.2, 0.25) is 0 Å². The Morgan fingerprint density at radius 1 is 1.30 bits per heavy atom. The highest BCUT2D eigenvalue weighted by Gasteiger charge is 2.21. The first-order valence-electron chi connectivity index (χ1n) is 6.71. The van der Waals surface area contributed by atoms with Crippen molar-refractivity contribution in [3.63, 3.8) is 0 Å². The first kappa shape index (κ1) is 14.3. The molecule has 2 aromatic rings. The molecule has 106 valence electrons. The lowest BCUT2D eigenvalue weighted by atomic mass is 9.85. The van der Waals surface area contributed by atoms with Crippen molar-refractivity contribution in [2.75, 3.05) is 11.9 Å². The molecule has 2 rings (SSSR count). The van der Waals surface area contributed by atoms with E-state index >= 15 is 0 Å². The molecule has 1 amide bonds. The fraction of sp³-hybridized carbons (Fsp3) is 0.375. The van der Waals surface area contributed by atoms with Crippen molar-refractivity contribution >= 4 is 11.6 Å². The summed E-state index contributed by atoms with van der Waals surface area (Å²) in [5.41, 5.74) is 2.13. The first-order chi connectivity index (χ1) is 9.39. The topological polar surface area (TPSA) is 38.1 Å². The highest BCUT2D eigenvalue weighted by atomic mass is 16.2. The van der Waals surface area contributed by atoms with Crippen LogP contribution in [0.5, 0.6) is 0 Å². The maximum absolute atomic E-state index is 12.4.